The monoisotopic (exact) mass is 198 g/mol. The van der Waals surface area contributed by atoms with Crippen LogP contribution in [0.25, 0.3) is 0 Å². The molecule has 1 N–H and O–H groups in total. The number of aryl methyl sites for hydroxylation is 2. The molecule has 1 rings (SSSR count). The van der Waals surface area contributed by atoms with Crippen LogP contribution in [0.1, 0.15) is 36.3 Å². The Bertz CT molecular complexity index is 266. The Kier molecular flexibility index (Phi) is 3.88. The van der Waals surface area contributed by atoms with E-state index in [2.05, 4.69) is 38.0 Å². The van der Waals surface area contributed by atoms with Gasteiger partial charge >= 0.3 is 0 Å². The van der Waals surface area contributed by atoms with E-state index in [0.29, 0.717) is 6.04 Å². The first-order valence-electron chi connectivity index (χ1n) is 4.82. The van der Waals surface area contributed by atoms with Gasteiger partial charge in [-0.25, -0.2) is 4.98 Å². The second kappa shape index (κ2) is 4.72. The van der Waals surface area contributed by atoms with E-state index in [1.54, 1.807) is 0 Å². The highest BCUT2D eigenvalue weighted by atomic mass is 32.1. The van der Waals surface area contributed by atoms with E-state index in [-0.39, 0.29) is 0 Å². The molecule has 74 valence electrons. The Labute approximate surface area is 84.4 Å². The average Bonchev–Trinajstić information content (AvgIpc) is 2.43. The molecular weight excluding hydrogens is 180 g/mol. The van der Waals surface area contributed by atoms with E-state index in [0.717, 1.165) is 13.0 Å². The normalized spacial score (nSPS) is 11.2. The lowest BCUT2D eigenvalue weighted by atomic mass is 10.3. The molecule has 2 nitrogen and oxygen atoms in total. The van der Waals surface area contributed by atoms with Gasteiger partial charge in [0.15, 0.2) is 0 Å². The van der Waals surface area contributed by atoms with Crippen LogP contribution in [-0.2, 0) is 13.0 Å². The van der Waals surface area contributed by atoms with Crippen LogP contribution in [0.5, 0.6) is 0 Å². The molecule has 0 aromatic carbocycles. The summed E-state index contributed by atoms with van der Waals surface area (Å²) in [4.78, 5) is 5.93. The first-order valence-corrected chi connectivity index (χ1v) is 5.63. The third-order valence-corrected chi connectivity index (χ3v) is 3.22. The van der Waals surface area contributed by atoms with E-state index < -0.39 is 0 Å². The molecule has 0 unspecified atom stereocenters. The van der Waals surface area contributed by atoms with Crippen molar-refractivity contribution >= 4 is 11.3 Å². The third kappa shape index (κ3) is 3.08. The van der Waals surface area contributed by atoms with Crippen LogP contribution < -0.4 is 5.32 Å². The molecule has 0 saturated carbocycles. The molecule has 0 bridgehead atoms. The van der Waals surface area contributed by atoms with Crippen molar-refractivity contribution in [3.63, 3.8) is 0 Å². The van der Waals surface area contributed by atoms with Crippen molar-refractivity contribution in [1.82, 2.24) is 10.3 Å². The Hall–Kier alpha value is -0.410. The lowest BCUT2D eigenvalue weighted by molar-refractivity contribution is 0.587. The first kappa shape index (κ1) is 10.7. The molecule has 3 heteroatoms. The van der Waals surface area contributed by atoms with Crippen molar-refractivity contribution in [2.24, 2.45) is 0 Å². The maximum absolute atomic E-state index is 4.51. The van der Waals surface area contributed by atoms with Gasteiger partial charge in [-0.3, -0.25) is 0 Å². The van der Waals surface area contributed by atoms with E-state index in [1.165, 1.54) is 15.6 Å². The molecule has 1 aromatic rings. The number of thiazole rings is 1. The van der Waals surface area contributed by atoms with Crippen LogP contribution in [0.3, 0.4) is 0 Å². The maximum Gasteiger partial charge on any atom is 0.107 e. The zero-order valence-electron chi connectivity index (χ0n) is 8.85. The molecule has 0 fully saturated rings. The Morgan fingerprint density at radius 3 is 2.62 bits per heavy atom. The van der Waals surface area contributed by atoms with E-state index in [4.69, 9.17) is 0 Å². The predicted molar refractivity (Wildman–Crippen MR) is 58.2 cm³/mol. The first-order chi connectivity index (χ1) is 6.13. The Balaban J connectivity index is 2.57. The summed E-state index contributed by atoms with van der Waals surface area (Å²) in [5.74, 6) is 0. The fraction of sp³-hybridized carbons (Fsp3) is 0.700. The summed E-state index contributed by atoms with van der Waals surface area (Å²) in [6.45, 7) is 9.49. The molecular formula is C10H18N2S. The van der Waals surface area contributed by atoms with Gasteiger partial charge in [-0.2, -0.15) is 0 Å². The summed E-state index contributed by atoms with van der Waals surface area (Å²) in [6.07, 6.45) is 1.10. The van der Waals surface area contributed by atoms with Gasteiger partial charge < -0.3 is 5.32 Å². The number of nitrogens with one attached hydrogen (secondary N) is 1. The molecule has 0 aliphatic heterocycles. The standard InChI is InChI=1S/C10H18N2S/c1-5-9-8(4)12-10(13-9)6-11-7(2)3/h7,11H,5-6H2,1-4H3. The van der Waals surface area contributed by atoms with Crippen LogP contribution in [0.2, 0.25) is 0 Å². The topological polar surface area (TPSA) is 24.9 Å². The molecule has 0 atom stereocenters. The van der Waals surface area contributed by atoms with Crippen molar-refractivity contribution in [3.8, 4) is 0 Å². The summed E-state index contributed by atoms with van der Waals surface area (Å²) >= 11 is 1.83. The lowest BCUT2D eigenvalue weighted by Gasteiger charge is -2.04. The van der Waals surface area contributed by atoms with Gasteiger partial charge in [-0.15, -0.1) is 11.3 Å². The van der Waals surface area contributed by atoms with Gasteiger partial charge in [-0.1, -0.05) is 20.8 Å². The molecule has 1 aromatic heterocycles. The minimum absolute atomic E-state index is 0.536. The molecule has 1 heterocycles. The highest BCUT2D eigenvalue weighted by molar-refractivity contribution is 7.11. The van der Waals surface area contributed by atoms with Gasteiger partial charge in [0, 0.05) is 17.5 Å². The summed E-state index contributed by atoms with van der Waals surface area (Å²) in [5, 5.41) is 4.59. The number of hydrogen-bond acceptors (Lipinski definition) is 3. The molecule has 0 aliphatic carbocycles. The zero-order chi connectivity index (χ0) is 9.84. The van der Waals surface area contributed by atoms with Crippen molar-refractivity contribution in [2.45, 2.75) is 46.7 Å². The summed E-state index contributed by atoms with van der Waals surface area (Å²) in [5.41, 5.74) is 1.20. The van der Waals surface area contributed by atoms with Crippen LogP contribution in [0.4, 0.5) is 0 Å². The van der Waals surface area contributed by atoms with Crippen molar-refractivity contribution in [3.05, 3.63) is 15.6 Å². The third-order valence-electron chi connectivity index (χ3n) is 1.92. The highest BCUT2D eigenvalue weighted by Gasteiger charge is 2.05. The Morgan fingerprint density at radius 1 is 1.46 bits per heavy atom. The zero-order valence-corrected chi connectivity index (χ0v) is 9.66. The number of aromatic nitrogens is 1. The second-order valence-electron chi connectivity index (χ2n) is 3.51. The Morgan fingerprint density at radius 2 is 2.15 bits per heavy atom. The average molecular weight is 198 g/mol. The molecule has 0 amide bonds. The van der Waals surface area contributed by atoms with Crippen LogP contribution >= 0.6 is 11.3 Å². The number of rotatable bonds is 4. The number of hydrogen-bond donors (Lipinski definition) is 1. The summed E-state index contributed by atoms with van der Waals surface area (Å²) in [6, 6.07) is 0.536. The van der Waals surface area contributed by atoms with E-state index in [9.17, 15) is 0 Å². The lowest BCUT2D eigenvalue weighted by Crippen LogP contribution is -2.21. The van der Waals surface area contributed by atoms with Gasteiger partial charge in [-0.05, 0) is 13.3 Å². The minimum atomic E-state index is 0.536. The van der Waals surface area contributed by atoms with Crippen LogP contribution in [0.15, 0.2) is 0 Å². The van der Waals surface area contributed by atoms with Crippen molar-refractivity contribution in [1.29, 1.82) is 0 Å². The SMILES string of the molecule is CCc1sc(CNC(C)C)nc1C. The van der Waals surface area contributed by atoms with Gasteiger partial charge in [0.25, 0.3) is 0 Å². The fourth-order valence-corrected chi connectivity index (χ4v) is 2.14. The summed E-state index contributed by atoms with van der Waals surface area (Å²) < 4.78 is 0. The molecule has 0 spiro atoms. The maximum atomic E-state index is 4.51. The fourth-order valence-electron chi connectivity index (χ4n) is 1.18. The second-order valence-corrected chi connectivity index (χ2v) is 4.67. The predicted octanol–water partition coefficient (Wildman–Crippen LogP) is 2.51. The molecule has 0 saturated heterocycles. The van der Waals surface area contributed by atoms with Gasteiger partial charge in [0.1, 0.15) is 5.01 Å². The smallest absolute Gasteiger partial charge is 0.107 e. The van der Waals surface area contributed by atoms with Crippen molar-refractivity contribution in [2.75, 3.05) is 0 Å². The van der Waals surface area contributed by atoms with Gasteiger partial charge in [0.2, 0.25) is 0 Å². The molecule has 13 heavy (non-hydrogen) atoms. The summed E-state index contributed by atoms with van der Waals surface area (Å²) in [7, 11) is 0. The largest absolute Gasteiger partial charge is 0.308 e. The van der Waals surface area contributed by atoms with Crippen molar-refractivity contribution < 1.29 is 0 Å². The molecule has 0 aliphatic rings. The minimum Gasteiger partial charge on any atom is -0.308 e. The van der Waals surface area contributed by atoms with E-state index >= 15 is 0 Å². The highest BCUT2D eigenvalue weighted by Crippen LogP contribution is 2.18. The number of nitrogens with zero attached hydrogens (tertiary/aromatic N) is 1. The van der Waals surface area contributed by atoms with E-state index in [1.807, 2.05) is 11.3 Å². The molecule has 0 radical (unpaired) electrons. The van der Waals surface area contributed by atoms with Crippen LogP contribution in [-0.4, -0.2) is 11.0 Å². The van der Waals surface area contributed by atoms with Gasteiger partial charge in [0.05, 0.1) is 5.69 Å². The quantitative estimate of drug-likeness (QED) is 0.804. The van der Waals surface area contributed by atoms with Crippen LogP contribution in [0, 0.1) is 6.92 Å².